The van der Waals surface area contributed by atoms with Gasteiger partial charge in [-0.3, -0.25) is 9.59 Å². The van der Waals surface area contributed by atoms with Crippen molar-refractivity contribution in [1.29, 1.82) is 0 Å². The van der Waals surface area contributed by atoms with E-state index in [0.29, 0.717) is 43.9 Å². The number of anilines is 1. The molecular weight excluding hydrogens is 365 g/mol. The molecule has 1 N–H and O–H groups in total. The van der Waals surface area contributed by atoms with Crippen molar-refractivity contribution in [2.75, 3.05) is 31.1 Å². The van der Waals surface area contributed by atoms with Gasteiger partial charge in [0, 0.05) is 50.2 Å². The largest absolute Gasteiger partial charge is 0.477 e. The topological polar surface area (TPSA) is 82.8 Å². The number of aromatic carboxylic acids is 1. The lowest BCUT2D eigenvalue weighted by Gasteiger charge is -2.36. The molecule has 1 aromatic carbocycles. The Morgan fingerprint density at radius 3 is 2.43 bits per heavy atom. The molecule has 1 saturated heterocycles. The van der Waals surface area contributed by atoms with Gasteiger partial charge in [-0.25, -0.2) is 9.18 Å². The van der Waals surface area contributed by atoms with Gasteiger partial charge in [-0.2, -0.15) is 0 Å². The molecule has 0 bridgehead atoms. The van der Waals surface area contributed by atoms with Crippen LogP contribution in [0.5, 0.6) is 0 Å². The predicted octanol–water partition coefficient (Wildman–Crippen LogP) is 1.92. The smallest absolute Gasteiger partial charge is 0.341 e. The molecule has 7 nitrogen and oxygen atoms in total. The number of hydrogen-bond donors (Lipinski definition) is 1. The molecule has 0 radical (unpaired) electrons. The first kappa shape index (κ1) is 18.5. The zero-order valence-electron chi connectivity index (χ0n) is 15.7. The third-order valence-electron chi connectivity index (χ3n) is 5.58. The number of hydrogen-bond acceptors (Lipinski definition) is 4. The number of aryl methyl sites for hydroxylation is 1. The zero-order valence-corrected chi connectivity index (χ0v) is 15.7. The third kappa shape index (κ3) is 3.12. The Kier molecular flexibility index (Phi) is 4.56. The van der Waals surface area contributed by atoms with Crippen molar-refractivity contribution in [3.8, 4) is 0 Å². The minimum Gasteiger partial charge on any atom is -0.477 e. The molecule has 1 aliphatic carbocycles. The van der Waals surface area contributed by atoms with Crippen LogP contribution in [-0.4, -0.2) is 52.6 Å². The fourth-order valence-corrected chi connectivity index (χ4v) is 3.81. The second-order valence-electron chi connectivity index (χ2n) is 7.37. The molecule has 1 aliphatic heterocycles. The first-order valence-corrected chi connectivity index (χ1v) is 9.54. The van der Waals surface area contributed by atoms with Crippen LogP contribution in [0.2, 0.25) is 0 Å². The van der Waals surface area contributed by atoms with Crippen molar-refractivity contribution in [2.24, 2.45) is 5.92 Å². The van der Waals surface area contributed by atoms with Crippen molar-refractivity contribution in [3.63, 3.8) is 0 Å². The Balaban J connectivity index is 1.68. The Morgan fingerprint density at radius 2 is 1.86 bits per heavy atom. The molecule has 148 valence electrons. The molecule has 0 spiro atoms. The summed E-state index contributed by atoms with van der Waals surface area (Å²) < 4.78 is 16.5. The number of piperazine rings is 1. The Hall–Kier alpha value is -2.90. The number of carboxylic acid groups (broad SMARTS) is 1. The Morgan fingerprint density at radius 1 is 1.18 bits per heavy atom. The van der Waals surface area contributed by atoms with E-state index in [1.807, 2.05) is 16.7 Å². The van der Waals surface area contributed by atoms with Crippen molar-refractivity contribution in [1.82, 2.24) is 9.47 Å². The SMILES string of the molecule is CCn1cc(C(=O)O)c(=O)c2cc(F)c(N3CCN(C(=O)C4CC4)CC3)cc21. The van der Waals surface area contributed by atoms with Gasteiger partial charge < -0.3 is 19.5 Å². The maximum atomic E-state index is 14.8. The zero-order chi connectivity index (χ0) is 20.0. The normalized spacial score (nSPS) is 17.2. The molecule has 0 unspecified atom stereocenters. The maximum absolute atomic E-state index is 14.8. The van der Waals surface area contributed by atoms with E-state index in [-0.39, 0.29) is 22.8 Å². The molecule has 2 aliphatic rings. The van der Waals surface area contributed by atoms with Gasteiger partial charge in [0.05, 0.1) is 11.2 Å². The lowest BCUT2D eigenvalue weighted by atomic mass is 10.1. The highest BCUT2D eigenvalue weighted by atomic mass is 19.1. The third-order valence-corrected chi connectivity index (χ3v) is 5.58. The van der Waals surface area contributed by atoms with Gasteiger partial charge in [-0.15, -0.1) is 0 Å². The van der Waals surface area contributed by atoms with Gasteiger partial charge in [0.2, 0.25) is 11.3 Å². The first-order valence-electron chi connectivity index (χ1n) is 9.54. The quantitative estimate of drug-likeness (QED) is 0.867. The molecule has 28 heavy (non-hydrogen) atoms. The predicted molar refractivity (Wildman–Crippen MR) is 102 cm³/mol. The van der Waals surface area contributed by atoms with Crippen LogP contribution in [0.3, 0.4) is 0 Å². The molecule has 1 amide bonds. The Labute approximate surface area is 161 Å². The average Bonchev–Trinajstić information content (AvgIpc) is 3.53. The van der Waals surface area contributed by atoms with Crippen LogP contribution in [-0.2, 0) is 11.3 Å². The van der Waals surface area contributed by atoms with Gasteiger partial charge in [0.1, 0.15) is 11.4 Å². The van der Waals surface area contributed by atoms with Crippen LogP contribution in [0.1, 0.15) is 30.1 Å². The van der Waals surface area contributed by atoms with Crippen LogP contribution in [0.25, 0.3) is 10.9 Å². The highest BCUT2D eigenvalue weighted by Crippen LogP contribution is 2.32. The number of fused-ring (bicyclic) bond motifs is 1. The summed E-state index contributed by atoms with van der Waals surface area (Å²) in [7, 11) is 0. The van der Waals surface area contributed by atoms with E-state index in [9.17, 15) is 23.9 Å². The monoisotopic (exact) mass is 387 g/mol. The minimum absolute atomic E-state index is 0.0607. The van der Waals surface area contributed by atoms with Crippen LogP contribution in [0.4, 0.5) is 10.1 Å². The molecule has 4 rings (SSSR count). The summed E-state index contributed by atoms with van der Waals surface area (Å²) >= 11 is 0. The second kappa shape index (κ2) is 6.92. The molecule has 2 fully saturated rings. The number of rotatable bonds is 4. The van der Waals surface area contributed by atoms with Crippen molar-refractivity contribution >= 4 is 28.5 Å². The number of benzene rings is 1. The van der Waals surface area contributed by atoms with Gasteiger partial charge in [-0.1, -0.05) is 0 Å². The summed E-state index contributed by atoms with van der Waals surface area (Å²) in [6.45, 7) is 4.41. The summed E-state index contributed by atoms with van der Waals surface area (Å²) in [4.78, 5) is 39.7. The van der Waals surface area contributed by atoms with E-state index in [2.05, 4.69) is 0 Å². The number of aromatic nitrogens is 1. The number of nitrogens with zero attached hydrogens (tertiary/aromatic N) is 3. The lowest BCUT2D eigenvalue weighted by molar-refractivity contribution is -0.132. The van der Waals surface area contributed by atoms with Crippen molar-refractivity contribution < 1.29 is 19.1 Å². The average molecular weight is 387 g/mol. The van der Waals surface area contributed by atoms with Gasteiger partial charge in [0.25, 0.3) is 0 Å². The molecule has 1 aromatic heterocycles. The van der Waals surface area contributed by atoms with E-state index in [1.165, 1.54) is 6.20 Å². The number of carbonyl (C=O) groups is 2. The maximum Gasteiger partial charge on any atom is 0.341 e. The van der Waals surface area contributed by atoms with E-state index >= 15 is 0 Å². The van der Waals surface area contributed by atoms with Crippen molar-refractivity contribution in [2.45, 2.75) is 26.3 Å². The van der Waals surface area contributed by atoms with Crippen LogP contribution < -0.4 is 10.3 Å². The summed E-state index contributed by atoms with van der Waals surface area (Å²) in [5, 5.41) is 9.30. The van der Waals surface area contributed by atoms with E-state index in [4.69, 9.17) is 0 Å². The summed E-state index contributed by atoms with van der Waals surface area (Å²) in [5.41, 5.74) is -0.174. The minimum atomic E-state index is -1.32. The summed E-state index contributed by atoms with van der Waals surface area (Å²) in [6, 6.07) is 2.74. The van der Waals surface area contributed by atoms with Crippen LogP contribution in [0.15, 0.2) is 23.1 Å². The number of carboxylic acids is 1. The number of pyridine rings is 1. The van der Waals surface area contributed by atoms with E-state index < -0.39 is 17.2 Å². The van der Waals surface area contributed by atoms with Gasteiger partial charge >= 0.3 is 5.97 Å². The number of carbonyl (C=O) groups excluding carboxylic acids is 1. The first-order chi connectivity index (χ1) is 13.4. The highest BCUT2D eigenvalue weighted by molar-refractivity contribution is 5.93. The van der Waals surface area contributed by atoms with Crippen LogP contribution >= 0.6 is 0 Å². The molecule has 2 aromatic rings. The van der Waals surface area contributed by atoms with E-state index in [1.54, 1.807) is 10.6 Å². The highest BCUT2D eigenvalue weighted by Gasteiger charge is 2.35. The fraction of sp³-hybridized carbons (Fsp3) is 0.450. The Bertz CT molecular complexity index is 1020. The summed E-state index contributed by atoms with van der Waals surface area (Å²) in [5.74, 6) is -1.52. The van der Waals surface area contributed by atoms with Gasteiger partial charge in [0.15, 0.2) is 0 Å². The van der Waals surface area contributed by atoms with E-state index in [0.717, 1.165) is 18.9 Å². The molecular formula is C20H22FN3O4. The number of halogens is 1. The second-order valence-corrected chi connectivity index (χ2v) is 7.37. The molecule has 8 heteroatoms. The van der Waals surface area contributed by atoms with Crippen molar-refractivity contribution in [3.05, 3.63) is 39.9 Å². The molecule has 1 saturated carbocycles. The summed E-state index contributed by atoms with van der Waals surface area (Å²) in [6.07, 6.45) is 3.23. The van der Waals surface area contributed by atoms with Gasteiger partial charge in [-0.05, 0) is 31.9 Å². The standard InChI is InChI=1S/C20H22FN3O4/c1-2-22-11-14(20(27)28)18(25)13-9-15(21)17(10-16(13)22)23-5-7-24(8-6-23)19(26)12-3-4-12/h9-12H,2-8H2,1H3,(H,27,28). The number of amides is 1. The molecule has 2 heterocycles. The van der Waals surface area contributed by atoms with Crippen LogP contribution in [0, 0.1) is 11.7 Å². The lowest BCUT2D eigenvalue weighted by Crippen LogP contribution is -2.49. The fourth-order valence-electron chi connectivity index (χ4n) is 3.81. The molecule has 0 atom stereocenters.